The van der Waals surface area contributed by atoms with E-state index in [1.165, 1.54) is 4.90 Å². The van der Waals surface area contributed by atoms with Crippen LogP contribution in [-0.2, 0) is 9.53 Å². The molecule has 2 unspecified atom stereocenters. The number of nitrogens with zero attached hydrogens (tertiary/aromatic N) is 3. The minimum absolute atomic E-state index is 0.138. The SMILES string of the molecule is CCN(C(=O)c1csnn1)C1COCC1C(=O)O. The van der Waals surface area contributed by atoms with E-state index in [1.807, 2.05) is 0 Å². The van der Waals surface area contributed by atoms with Crippen LogP contribution in [-0.4, -0.2) is 57.3 Å². The predicted octanol–water partition coefficient (Wildman–Crippen LogP) is 0.0998. The quantitative estimate of drug-likeness (QED) is 0.835. The maximum atomic E-state index is 12.2. The molecule has 1 saturated heterocycles. The minimum Gasteiger partial charge on any atom is -0.481 e. The van der Waals surface area contributed by atoms with Crippen molar-refractivity contribution in [3.05, 3.63) is 11.1 Å². The number of carbonyl (C=O) groups is 2. The van der Waals surface area contributed by atoms with Crippen molar-refractivity contribution < 1.29 is 19.4 Å². The molecule has 7 nitrogen and oxygen atoms in total. The summed E-state index contributed by atoms with van der Waals surface area (Å²) in [5.74, 6) is -1.92. The number of aromatic nitrogens is 2. The fourth-order valence-electron chi connectivity index (χ4n) is 2.02. The lowest BCUT2D eigenvalue weighted by atomic mass is 10.0. The average molecular weight is 271 g/mol. The molecular weight excluding hydrogens is 258 g/mol. The van der Waals surface area contributed by atoms with Gasteiger partial charge < -0.3 is 14.7 Å². The van der Waals surface area contributed by atoms with Gasteiger partial charge in [-0.25, -0.2) is 0 Å². The maximum absolute atomic E-state index is 12.2. The summed E-state index contributed by atoms with van der Waals surface area (Å²) in [5.41, 5.74) is 0.248. The number of carbonyl (C=O) groups excluding carboxylic acids is 1. The molecule has 1 aromatic rings. The van der Waals surface area contributed by atoms with Crippen LogP contribution in [0.25, 0.3) is 0 Å². The molecule has 0 radical (unpaired) electrons. The monoisotopic (exact) mass is 271 g/mol. The van der Waals surface area contributed by atoms with Crippen molar-refractivity contribution in [1.82, 2.24) is 14.5 Å². The van der Waals surface area contributed by atoms with Crippen molar-refractivity contribution in [3.8, 4) is 0 Å². The number of ether oxygens (including phenoxy) is 1. The smallest absolute Gasteiger partial charge is 0.311 e. The zero-order chi connectivity index (χ0) is 13.1. The summed E-state index contributed by atoms with van der Waals surface area (Å²) in [5, 5.41) is 14.4. The van der Waals surface area contributed by atoms with E-state index < -0.39 is 17.9 Å². The molecule has 1 aromatic heterocycles. The van der Waals surface area contributed by atoms with E-state index in [1.54, 1.807) is 12.3 Å². The molecule has 2 atom stereocenters. The molecule has 0 aliphatic carbocycles. The summed E-state index contributed by atoms with van der Waals surface area (Å²) >= 11 is 1.09. The van der Waals surface area contributed by atoms with Crippen molar-refractivity contribution in [2.75, 3.05) is 19.8 Å². The van der Waals surface area contributed by atoms with Crippen LogP contribution in [0.5, 0.6) is 0 Å². The molecule has 1 fully saturated rings. The number of likely N-dealkylation sites (N-methyl/N-ethyl adjacent to an activating group) is 1. The lowest BCUT2D eigenvalue weighted by molar-refractivity contribution is -0.142. The molecule has 0 aromatic carbocycles. The van der Waals surface area contributed by atoms with Gasteiger partial charge in [-0.1, -0.05) is 4.49 Å². The van der Waals surface area contributed by atoms with Gasteiger partial charge in [-0.2, -0.15) is 0 Å². The molecular formula is C10H13N3O4S. The second-order valence-electron chi connectivity index (χ2n) is 3.93. The van der Waals surface area contributed by atoms with Crippen LogP contribution >= 0.6 is 11.5 Å². The van der Waals surface area contributed by atoms with Gasteiger partial charge in [0.2, 0.25) is 0 Å². The lowest BCUT2D eigenvalue weighted by Gasteiger charge is -2.28. The summed E-state index contributed by atoms with van der Waals surface area (Å²) in [7, 11) is 0. The Morgan fingerprint density at radius 3 is 2.94 bits per heavy atom. The largest absolute Gasteiger partial charge is 0.481 e. The first-order valence-corrected chi connectivity index (χ1v) is 6.37. The Morgan fingerprint density at radius 2 is 2.39 bits per heavy atom. The van der Waals surface area contributed by atoms with Crippen LogP contribution in [0.1, 0.15) is 17.4 Å². The molecule has 18 heavy (non-hydrogen) atoms. The van der Waals surface area contributed by atoms with E-state index in [0.29, 0.717) is 6.54 Å². The molecule has 1 aliphatic rings. The van der Waals surface area contributed by atoms with Gasteiger partial charge in [-0.05, 0) is 18.5 Å². The third-order valence-corrected chi connectivity index (χ3v) is 3.45. The van der Waals surface area contributed by atoms with Crippen molar-refractivity contribution in [1.29, 1.82) is 0 Å². The van der Waals surface area contributed by atoms with Crippen molar-refractivity contribution >= 4 is 23.4 Å². The number of rotatable bonds is 4. The second kappa shape index (κ2) is 5.40. The first kappa shape index (κ1) is 12.9. The van der Waals surface area contributed by atoms with E-state index in [-0.39, 0.29) is 24.8 Å². The van der Waals surface area contributed by atoms with Gasteiger partial charge in [0, 0.05) is 11.9 Å². The molecule has 0 bridgehead atoms. The maximum Gasteiger partial charge on any atom is 0.311 e. The summed E-state index contributed by atoms with van der Waals surface area (Å²) in [6.45, 7) is 2.59. The van der Waals surface area contributed by atoms with E-state index in [9.17, 15) is 9.59 Å². The zero-order valence-electron chi connectivity index (χ0n) is 9.78. The van der Waals surface area contributed by atoms with Gasteiger partial charge in [0.1, 0.15) is 5.92 Å². The van der Waals surface area contributed by atoms with Gasteiger partial charge in [0.05, 0.1) is 19.3 Å². The van der Waals surface area contributed by atoms with E-state index in [0.717, 1.165) is 11.5 Å². The van der Waals surface area contributed by atoms with Gasteiger partial charge >= 0.3 is 5.97 Å². The van der Waals surface area contributed by atoms with Crippen molar-refractivity contribution in [2.24, 2.45) is 5.92 Å². The van der Waals surface area contributed by atoms with Crippen molar-refractivity contribution in [3.63, 3.8) is 0 Å². The van der Waals surface area contributed by atoms with Gasteiger partial charge in [0.25, 0.3) is 5.91 Å². The molecule has 8 heteroatoms. The molecule has 98 valence electrons. The molecule has 2 heterocycles. The first-order valence-electron chi connectivity index (χ1n) is 5.53. The van der Waals surface area contributed by atoms with Crippen LogP contribution in [0, 0.1) is 5.92 Å². The van der Waals surface area contributed by atoms with E-state index in [4.69, 9.17) is 9.84 Å². The summed E-state index contributed by atoms with van der Waals surface area (Å²) in [6, 6.07) is -0.443. The number of amides is 1. The summed E-state index contributed by atoms with van der Waals surface area (Å²) in [6.07, 6.45) is 0. The molecule has 2 rings (SSSR count). The standard InChI is InChI=1S/C10H13N3O4S/c1-2-13(9(14)7-5-18-12-11-7)8-4-17-3-6(8)10(15)16/h5-6,8H,2-4H2,1H3,(H,15,16). The Morgan fingerprint density at radius 1 is 1.61 bits per heavy atom. The van der Waals surface area contributed by atoms with Gasteiger partial charge in [-0.15, -0.1) is 5.10 Å². The van der Waals surface area contributed by atoms with Gasteiger partial charge in [0.15, 0.2) is 5.69 Å². The number of hydrogen-bond donors (Lipinski definition) is 1. The van der Waals surface area contributed by atoms with E-state index in [2.05, 4.69) is 9.59 Å². The van der Waals surface area contributed by atoms with Crippen LogP contribution in [0.2, 0.25) is 0 Å². The molecule has 1 amide bonds. The number of hydrogen-bond acceptors (Lipinski definition) is 6. The fraction of sp³-hybridized carbons (Fsp3) is 0.600. The second-order valence-corrected chi connectivity index (χ2v) is 4.54. The predicted molar refractivity (Wildman–Crippen MR) is 62.4 cm³/mol. The molecule has 1 N–H and O–H groups in total. The zero-order valence-corrected chi connectivity index (χ0v) is 10.6. The Labute approximate surface area is 108 Å². The number of aliphatic carboxylic acids is 1. The topological polar surface area (TPSA) is 92.6 Å². The Hall–Kier alpha value is -1.54. The lowest BCUT2D eigenvalue weighted by Crippen LogP contribution is -2.46. The Bertz CT molecular complexity index is 436. The van der Waals surface area contributed by atoms with E-state index >= 15 is 0 Å². The fourth-order valence-corrected chi connectivity index (χ4v) is 2.45. The van der Waals surface area contributed by atoms with Crippen LogP contribution in [0.15, 0.2) is 5.38 Å². The third kappa shape index (κ3) is 2.34. The van der Waals surface area contributed by atoms with Gasteiger partial charge in [-0.3, -0.25) is 9.59 Å². The van der Waals surface area contributed by atoms with Crippen molar-refractivity contribution in [2.45, 2.75) is 13.0 Å². The number of carboxylic acids is 1. The molecule has 0 saturated carbocycles. The van der Waals surface area contributed by atoms with Crippen LogP contribution < -0.4 is 0 Å². The highest BCUT2D eigenvalue weighted by molar-refractivity contribution is 7.03. The highest BCUT2D eigenvalue weighted by Gasteiger charge is 2.40. The van der Waals surface area contributed by atoms with Crippen LogP contribution in [0.4, 0.5) is 0 Å². The van der Waals surface area contributed by atoms with Crippen LogP contribution in [0.3, 0.4) is 0 Å². The highest BCUT2D eigenvalue weighted by atomic mass is 32.1. The average Bonchev–Trinajstić information content (AvgIpc) is 3.00. The first-order chi connectivity index (χ1) is 8.65. The Kier molecular flexibility index (Phi) is 3.87. The summed E-state index contributed by atoms with van der Waals surface area (Å²) in [4.78, 5) is 24.8. The molecule has 0 spiro atoms. The summed E-state index contributed by atoms with van der Waals surface area (Å²) < 4.78 is 8.81. The minimum atomic E-state index is -0.944. The Balaban J connectivity index is 2.18. The number of carboxylic acid groups (broad SMARTS) is 1. The third-order valence-electron chi connectivity index (χ3n) is 2.95. The highest BCUT2D eigenvalue weighted by Crippen LogP contribution is 2.21. The molecule has 1 aliphatic heterocycles. The normalized spacial score (nSPS) is 22.9.